The van der Waals surface area contributed by atoms with Gasteiger partial charge in [0.1, 0.15) is 0 Å². The molecular formula is C29H41N3O2. The van der Waals surface area contributed by atoms with Crippen molar-refractivity contribution in [2.45, 2.75) is 58.3 Å². The monoisotopic (exact) mass is 463 g/mol. The fourth-order valence-electron chi connectivity index (χ4n) is 5.13. The van der Waals surface area contributed by atoms with Gasteiger partial charge in [-0.1, -0.05) is 50.3 Å². The number of carbonyl (C=O) groups is 1. The molecule has 0 radical (unpaired) electrons. The summed E-state index contributed by atoms with van der Waals surface area (Å²) in [6.07, 6.45) is 12.4. The minimum atomic E-state index is 0.0201. The molecule has 1 heterocycles. The highest BCUT2D eigenvalue weighted by Gasteiger charge is 2.31. The van der Waals surface area contributed by atoms with Crippen molar-refractivity contribution in [1.29, 1.82) is 0 Å². The quantitative estimate of drug-likeness (QED) is 0.223. The lowest BCUT2D eigenvalue weighted by Gasteiger charge is -2.22. The maximum Gasteiger partial charge on any atom is 0.250 e. The zero-order valence-electron chi connectivity index (χ0n) is 21.5. The third kappa shape index (κ3) is 6.47. The van der Waals surface area contributed by atoms with Crippen LogP contribution in [0.5, 0.6) is 0 Å². The first-order valence-electron chi connectivity index (χ1n) is 12.6. The summed E-state index contributed by atoms with van der Waals surface area (Å²) in [5.41, 5.74) is 5.74. The van der Waals surface area contributed by atoms with Crippen molar-refractivity contribution < 1.29 is 9.90 Å². The highest BCUT2D eigenvalue weighted by Crippen LogP contribution is 2.43. The minimum absolute atomic E-state index is 0.0201. The minimum Gasteiger partial charge on any atom is -0.392 e. The Bertz CT molecular complexity index is 971. The van der Waals surface area contributed by atoms with E-state index in [4.69, 9.17) is 0 Å². The Labute approximate surface area is 205 Å². The van der Waals surface area contributed by atoms with Crippen molar-refractivity contribution in [3.05, 3.63) is 70.5 Å². The maximum absolute atomic E-state index is 13.0. The summed E-state index contributed by atoms with van der Waals surface area (Å²) in [7, 11) is 3.59. The molecule has 1 aliphatic carbocycles. The van der Waals surface area contributed by atoms with Gasteiger partial charge in [0.25, 0.3) is 5.91 Å². The van der Waals surface area contributed by atoms with Crippen molar-refractivity contribution in [2.75, 3.05) is 33.8 Å². The molecule has 34 heavy (non-hydrogen) atoms. The lowest BCUT2D eigenvalue weighted by molar-refractivity contribution is -0.126. The number of nitrogens with zero attached hydrogens (tertiary/aromatic N) is 3. The maximum atomic E-state index is 13.0. The number of hydrogen-bond donors (Lipinski definition) is 1. The smallest absolute Gasteiger partial charge is 0.250 e. The molecule has 0 spiro atoms. The van der Waals surface area contributed by atoms with Gasteiger partial charge in [0.15, 0.2) is 0 Å². The standard InChI is InChI=1S/C29H41N3O2/c1-6-9-27(24-14-15-32(18-24)29(34)22(3)17-31(5)20-30-4)25(19-33)16-21(2)26-10-7-8-11-28(26)23-12-13-23/h7-11,16-17,20-21,23-24,33H,6,12-15,18-19H2,1-5H3/b22-17+,25-16-,27-9-,30-20-. The van der Waals surface area contributed by atoms with Crippen LogP contribution in [0.25, 0.3) is 0 Å². The molecule has 2 aliphatic rings. The number of benzene rings is 1. The Morgan fingerprint density at radius 2 is 2.03 bits per heavy atom. The number of rotatable bonds is 10. The first-order valence-corrected chi connectivity index (χ1v) is 12.6. The number of amides is 1. The summed E-state index contributed by atoms with van der Waals surface area (Å²) in [5, 5.41) is 10.4. The van der Waals surface area contributed by atoms with Crippen LogP contribution in [-0.4, -0.2) is 60.9 Å². The molecule has 3 rings (SSSR count). The van der Waals surface area contributed by atoms with Crippen molar-refractivity contribution in [2.24, 2.45) is 10.9 Å². The summed E-state index contributed by atoms with van der Waals surface area (Å²) < 4.78 is 0. The zero-order valence-corrected chi connectivity index (χ0v) is 21.5. The van der Waals surface area contributed by atoms with E-state index >= 15 is 0 Å². The average Bonchev–Trinajstić information content (AvgIpc) is 3.57. The van der Waals surface area contributed by atoms with E-state index in [1.54, 1.807) is 18.3 Å². The molecule has 2 atom stereocenters. The molecule has 1 aromatic carbocycles. The van der Waals surface area contributed by atoms with Gasteiger partial charge in [0, 0.05) is 44.9 Å². The largest absolute Gasteiger partial charge is 0.392 e. The highest BCUT2D eigenvalue weighted by atomic mass is 16.3. The van der Waals surface area contributed by atoms with Crippen LogP contribution >= 0.6 is 0 Å². The molecule has 0 aromatic heterocycles. The van der Waals surface area contributed by atoms with Gasteiger partial charge in [-0.25, -0.2) is 0 Å². The summed E-state index contributed by atoms with van der Waals surface area (Å²) in [5.74, 6) is 1.25. The lowest BCUT2D eigenvalue weighted by atomic mass is 9.86. The average molecular weight is 464 g/mol. The third-order valence-electron chi connectivity index (χ3n) is 6.87. The number of aliphatic imine (C=N–C) groups is 1. The van der Waals surface area contributed by atoms with Crippen molar-refractivity contribution in [3.63, 3.8) is 0 Å². The molecule has 184 valence electrons. The van der Waals surface area contributed by atoms with Gasteiger partial charge in [0.2, 0.25) is 0 Å². The Kier molecular flexibility index (Phi) is 9.28. The number of likely N-dealkylation sites (tertiary alicyclic amines) is 1. The zero-order chi connectivity index (χ0) is 24.7. The summed E-state index contributed by atoms with van der Waals surface area (Å²) in [4.78, 5) is 20.8. The van der Waals surface area contributed by atoms with Crippen LogP contribution in [0.2, 0.25) is 0 Å². The number of aliphatic hydroxyl groups is 1. The van der Waals surface area contributed by atoms with Crippen molar-refractivity contribution in [1.82, 2.24) is 9.80 Å². The van der Waals surface area contributed by atoms with E-state index < -0.39 is 0 Å². The second-order valence-electron chi connectivity index (χ2n) is 9.70. The van der Waals surface area contributed by atoms with Gasteiger partial charge in [-0.2, -0.15) is 0 Å². The van der Waals surface area contributed by atoms with Gasteiger partial charge >= 0.3 is 0 Å². The molecule has 2 unspecified atom stereocenters. The van der Waals surface area contributed by atoms with Crippen LogP contribution < -0.4 is 0 Å². The van der Waals surface area contributed by atoms with E-state index in [1.165, 1.54) is 29.5 Å². The molecule has 1 aromatic rings. The van der Waals surface area contributed by atoms with E-state index in [0.717, 1.165) is 25.0 Å². The van der Waals surface area contributed by atoms with E-state index in [9.17, 15) is 9.90 Å². The van der Waals surface area contributed by atoms with Crippen molar-refractivity contribution in [3.8, 4) is 0 Å². The van der Waals surface area contributed by atoms with Gasteiger partial charge in [-0.3, -0.25) is 9.79 Å². The fraction of sp³-hybridized carbons (Fsp3) is 0.517. The van der Waals surface area contributed by atoms with Gasteiger partial charge in [-0.05, 0) is 66.7 Å². The summed E-state index contributed by atoms with van der Waals surface area (Å²) >= 11 is 0. The molecule has 2 fully saturated rings. The van der Waals surface area contributed by atoms with Crippen LogP contribution in [0.1, 0.15) is 69.4 Å². The van der Waals surface area contributed by atoms with E-state index in [1.807, 2.05) is 25.1 Å². The number of carbonyl (C=O) groups excluding carboxylic acids is 1. The molecule has 1 saturated carbocycles. The molecule has 5 heteroatoms. The topological polar surface area (TPSA) is 56.1 Å². The Balaban J connectivity index is 1.77. The number of allylic oxidation sites excluding steroid dienone is 2. The SMILES string of the molecule is CC/C=C(\C(=C/C(C)c1ccccc1C1CC1)CO)C1CCN(C(=O)/C(C)=C/N(C)/C=N\C)C1. The number of aliphatic hydroxyl groups excluding tert-OH is 1. The van der Waals surface area contributed by atoms with Crippen LogP contribution in [0, 0.1) is 5.92 Å². The van der Waals surface area contributed by atoms with Crippen LogP contribution in [0.3, 0.4) is 0 Å². The van der Waals surface area contributed by atoms with Gasteiger partial charge in [-0.15, -0.1) is 0 Å². The second kappa shape index (κ2) is 12.2. The second-order valence-corrected chi connectivity index (χ2v) is 9.70. The molecule has 5 nitrogen and oxygen atoms in total. The highest BCUT2D eigenvalue weighted by molar-refractivity contribution is 5.93. The number of hydrogen-bond acceptors (Lipinski definition) is 3. The predicted octanol–water partition coefficient (Wildman–Crippen LogP) is 5.26. The van der Waals surface area contributed by atoms with Gasteiger partial charge < -0.3 is 14.9 Å². The van der Waals surface area contributed by atoms with E-state index in [2.05, 4.69) is 55.3 Å². The third-order valence-corrected chi connectivity index (χ3v) is 6.87. The lowest BCUT2D eigenvalue weighted by Crippen LogP contribution is -2.30. The predicted molar refractivity (Wildman–Crippen MR) is 141 cm³/mol. The Morgan fingerprint density at radius 3 is 2.68 bits per heavy atom. The van der Waals surface area contributed by atoms with Gasteiger partial charge in [0.05, 0.1) is 12.9 Å². The first kappa shape index (κ1) is 26.0. The van der Waals surface area contributed by atoms with E-state index in [0.29, 0.717) is 18.0 Å². The van der Waals surface area contributed by atoms with Crippen LogP contribution in [-0.2, 0) is 4.79 Å². The summed E-state index contributed by atoms with van der Waals surface area (Å²) in [6, 6.07) is 8.75. The Hall–Kier alpha value is -2.66. The van der Waals surface area contributed by atoms with Crippen molar-refractivity contribution >= 4 is 12.2 Å². The normalized spacial score (nSPS) is 20.8. The van der Waals surface area contributed by atoms with Crippen LogP contribution in [0.4, 0.5) is 0 Å². The van der Waals surface area contributed by atoms with E-state index in [-0.39, 0.29) is 24.3 Å². The molecular weight excluding hydrogens is 422 g/mol. The van der Waals surface area contributed by atoms with Crippen LogP contribution in [0.15, 0.2) is 64.3 Å². The molecule has 1 saturated heterocycles. The first-order chi connectivity index (χ1) is 16.4. The molecule has 1 N–H and O–H groups in total. The Morgan fingerprint density at radius 1 is 1.29 bits per heavy atom. The fourth-order valence-corrected chi connectivity index (χ4v) is 5.13. The molecule has 1 aliphatic heterocycles. The molecule has 0 bridgehead atoms. The molecule has 1 amide bonds. The summed E-state index contributed by atoms with van der Waals surface area (Å²) in [6.45, 7) is 7.67.